The van der Waals surface area contributed by atoms with E-state index >= 15 is 0 Å². The zero-order valence-corrected chi connectivity index (χ0v) is 19.6. The largest absolute Gasteiger partial charge is 0.497 e. The van der Waals surface area contributed by atoms with Crippen molar-refractivity contribution >= 4 is 11.8 Å². The summed E-state index contributed by atoms with van der Waals surface area (Å²) < 4.78 is 21.8. The van der Waals surface area contributed by atoms with Gasteiger partial charge in [-0.1, -0.05) is 6.07 Å². The van der Waals surface area contributed by atoms with E-state index in [-0.39, 0.29) is 5.56 Å². The average Bonchev–Trinajstić information content (AvgIpc) is 2.87. The number of hydrogen-bond acceptors (Lipinski definition) is 12. The van der Waals surface area contributed by atoms with E-state index in [2.05, 4.69) is 10.6 Å². The van der Waals surface area contributed by atoms with E-state index in [4.69, 9.17) is 18.9 Å². The van der Waals surface area contributed by atoms with Gasteiger partial charge in [0.15, 0.2) is 12.5 Å². The zero-order chi connectivity index (χ0) is 26.6. The van der Waals surface area contributed by atoms with Crippen molar-refractivity contribution in [3.63, 3.8) is 0 Å². The maximum atomic E-state index is 12.9. The monoisotopic (exact) mass is 516 g/mol. The summed E-state index contributed by atoms with van der Waals surface area (Å²) in [6.07, 6.45) is -13.7. The molecular weight excluding hydrogens is 484 g/mol. The Bertz CT molecular complexity index is 902. The van der Waals surface area contributed by atoms with Crippen molar-refractivity contribution in [3.8, 4) is 5.75 Å². The van der Waals surface area contributed by atoms with Gasteiger partial charge >= 0.3 is 0 Å². The van der Waals surface area contributed by atoms with E-state index in [0.29, 0.717) is 5.75 Å². The van der Waals surface area contributed by atoms with Crippen LogP contribution in [0.15, 0.2) is 24.3 Å². The second kappa shape index (κ2) is 12.2. The summed E-state index contributed by atoms with van der Waals surface area (Å²) in [4.78, 5) is 24.7. The van der Waals surface area contributed by atoms with E-state index in [1.807, 2.05) is 0 Å². The van der Waals surface area contributed by atoms with Crippen LogP contribution in [0, 0.1) is 0 Å². The molecule has 0 aliphatic carbocycles. The fourth-order valence-electron chi connectivity index (χ4n) is 4.09. The van der Waals surface area contributed by atoms with Crippen LogP contribution in [0.2, 0.25) is 0 Å². The highest BCUT2D eigenvalue weighted by atomic mass is 16.7. The first-order valence-electron chi connectivity index (χ1n) is 11.2. The molecule has 10 atom stereocenters. The van der Waals surface area contributed by atoms with Crippen molar-refractivity contribution in [1.82, 2.24) is 10.6 Å². The van der Waals surface area contributed by atoms with Gasteiger partial charge in [0, 0.05) is 12.5 Å². The van der Waals surface area contributed by atoms with Gasteiger partial charge in [-0.2, -0.15) is 0 Å². The lowest BCUT2D eigenvalue weighted by molar-refractivity contribution is -0.336. The third kappa shape index (κ3) is 6.11. The molecule has 2 amide bonds. The fourth-order valence-corrected chi connectivity index (χ4v) is 4.09. The summed E-state index contributed by atoms with van der Waals surface area (Å²) in [5.74, 6) is -0.783. The van der Waals surface area contributed by atoms with Gasteiger partial charge in [-0.25, -0.2) is 0 Å². The van der Waals surface area contributed by atoms with E-state index in [1.54, 1.807) is 12.1 Å². The van der Waals surface area contributed by atoms with E-state index in [1.165, 1.54) is 26.2 Å². The molecule has 0 spiro atoms. The van der Waals surface area contributed by atoms with Crippen LogP contribution in [-0.4, -0.2) is 124 Å². The molecule has 2 heterocycles. The Morgan fingerprint density at radius 1 is 0.944 bits per heavy atom. The average molecular weight is 517 g/mol. The summed E-state index contributed by atoms with van der Waals surface area (Å²) in [5, 5.41) is 65.8. The molecule has 202 valence electrons. The van der Waals surface area contributed by atoms with Gasteiger partial charge in [0.1, 0.15) is 54.5 Å². The van der Waals surface area contributed by atoms with Crippen molar-refractivity contribution in [2.45, 2.75) is 68.2 Å². The molecule has 8 N–H and O–H groups in total. The first kappa shape index (κ1) is 28.2. The lowest BCUT2D eigenvalue weighted by atomic mass is 9.94. The van der Waals surface area contributed by atoms with Gasteiger partial charge in [-0.15, -0.1) is 0 Å². The van der Waals surface area contributed by atoms with Gasteiger partial charge in [0.25, 0.3) is 5.91 Å². The van der Waals surface area contributed by atoms with Crippen LogP contribution in [0.4, 0.5) is 0 Å². The smallest absolute Gasteiger partial charge is 0.251 e. The molecule has 14 nitrogen and oxygen atoms in total. The molecule has 0 aromatic heterocycles. The Hall–Kier alpha value is -2.40. The molecule has 1 aromatic carbocycles. The number of rotatable bonds is 8. The maximum Gasteiger partial charge on any atom is 0.251 e. The highest BCUT2D eigenvalue weighted by molar-refractivity contribution is 5.94. The zero-order valence-electron chi connectivity index (χ0n) is 19.6. The Labute approximate surface area is 206 Å². The van der Waals surface area contributed by atoms with E-state index in [0.717, 1.165) is 0 Å². The minimum atomic E-state index is -1.78. The molecule has 0 saturated carbocycles. The number of nitrogens with one attached hydrogen (secondary N) is 2. The molecule has 1 aromatic rings. The highest BCUT2D eigenvalue weighted by Crippen LogP contribution is 2.29. The Kier molecular flexibility index (Phi) is 9.57. The third-order valence-corrected chi connectivity index (χ3v) is 6.01. The summed E-state index contributed by atoms with van der Waals surface area (Å²) in [5.41, 5.74) is 0.179. The Morgan fingerprint density at radius 3 is 2.25 bits per heavy atom. The topological polar surface area (TPSA) is 216 Å². The van der Waals surface area contributed by atoms with Gasteiger partial charge < -0.3 is 60.2 Å². The molecule has 2 aliphatic heterocycles. The van der Waals surface area contributed by atoms with Gasteiger partial charge in [0.05, 0.1) is 20.3 Å². The first-order valence-corrected chi connectivity index (χ1v) is 11.2. The number of hydrogen-bond donors (Lipinski definition) is 8. The number of benzene rings is 1. The van der Waals surface area contributed by atoms with Crippen molar-refractivity contribution in [2.24, 2.45) is 0 Å². The predicted molar refractivity (Wildman–Crippen MR) is 118 cm³/mol. The SMILES string of the molecule is COc1cccc(C(=O)N[C@@H]2[C@@H](O)[C@H](O[C@@H]3O[C@H](CO)[C@H](O)[C@H](O)[C@H]3O)[C@@H](CO)O[C@H]2NC(C)=O)c1. The molecule has 2 saturated heterocycles. The van der Waals surface area contributed by atoms with Gasteiger partial charge in [0.2, 0.25) is 5.91 Å². The quantitative estimate of drug-likeness (QED) is 0.167. The van der Waals surface area contributed by atoms with Crippen LogP contribution in [0.25, 0.3) is 0 Å². The standard InChI is InChI=1S/C22H32N2O12/c1-9(27)23-21-14(24-20(32)10-4-3-5-11(6-10)33-2)16(29)19(13(8-26)34-21)36-22-18(31)17(30)15(28)12(7-25)35-22/h3-6,12-19,21-22,25-26,28-31H,7-8H2,1-2H3,(H,23,27)(H,24,32)/t12-,13-,14-,15+,16-,17+,18-,19-,21-,22+/m1/s1. The molecule has 0 unspecified atom stereocenters. The minimum Gasteiger partial charge on any atom is -0.497 e. The van der Waals surface area contributed by atoms with Crippen molar-refractivity contribution < 1.29 is 59.2 Å². The molecule has 2 fully saturated rings. The number of ether oxygens (including phenoxy) is 4. The molecule has 0 radical (unpaired) electrons. The van der Waals surface area contributed by atoms with Crippen LogP contribution in [0.1, 0.15) is 17.3 Å². The number of aliphatic hydroxyl groups excluding tert-OH is 6. The van der Waals surface area contributed by atoms with Crippen molar-refractivity contribution in [3.05, 3.63) is 29.8 Å². The van der Waals surface area contributed by atoms with E-state index < -0.39 is 86.3 Å². The molecule has 14 heteroatoms. The minimum absolute atomic E-state index is 0.179. The lowest BCUT2D eigenvalue weighted by Crippen LogP contribution is -2.70. The molecule has 0 bridgehead atoms. The van der Waals surface area contributed by atoms with E-state index in [9.17, 15) is 40.2 Å². The van der Waals surface area contributed by atoms with Crippen molar-refractivity contribution in [2.75, 3.05) is 20.3 Å². The summed E-state index contributed by atoms with van der Waals surface area (Å²) in [6, 6.07) is 4.87. The molecular formula is C22H32N2O12. The van der Waals surface area contributed by atoms with Crippen LogP contribution < -0.4 is 15.4 Å². The van der Waals surface area contributed by atoms with Crippen LogP contribution in [0.3, 0.4) is 0 Å². The molecule has 3 rings (SSSR count). The molecule has 36 heavy (non-hydrogen) atoms. The fraction of sp³-hybridized carbons (Fsp3) is 0.636. The number of aliphatic hydroxyl groups is 6. The first-order chi connectivity index (χ1) is 17.1. The summed E-state index contributed by atoms with van der Waals surface area (Å²) >= 11 is 0. The predicted octanol–water partition coefficient (Wildman–Crippen LogP) is -3.81. The van der Waals surface area contributed by atoms with Crippen LogP contribution >= 0.6 is 0 Å². The maximum absolute atomic E-state index is 12.9. The normalized spacial score (nSPS) is 36.7. The molecule has 2 aliphatic rings. The van der Waals surface area contributed by atoms with Gasteiger partial charge in [-0.05, 0) is 18.2 Å². The number of carbonyl (C=O) groups is 2. The van der Waals surface area contributed by atoms with Crippen LogP contribution in [-0.2, 0) is 19.0 Å². The lowest BCUT2D eigenvalue weighted by Gasteiger charge is -2.47. The summed E-state index contributed by atoms with van der Waals surface area (Å²) in [6.45, 7) is -0.214. The number of amides is 2. The highest BCUT2D eigenvalue weighted by Gasteiger charge is 2.51. The second-order valence-electron chi connectivity index (χ2n) is 8.50. The third-order valence-electron chi connectivity index (χ3n) is 6.01. The second-order valence-corrected chi connectivity index (χ2v) is 8.50. The number of carbonyl (C=O) groups excluding carboxylic acids is 2. The van der Waals surface area contributed by atoms with Crippen molar-refractivity contribution in [1.29, 1.82) is 0 Å². The summed E-state index contributed by atoms with van der Waals surface area (Å²) in [7, 11) is 1.43. The van der Waals surface area contributed by atoms with Crippen LogP contribution in [0.5, 0.6) is 5.75 Å². The number of methoxy groups -OCH3 is 1. The Balaban J connectivity index is 1.85. The Morgan fingerprint density at radius 2 is 1.64 bits per heavy atom. The van der Waals surface area contributed by atoms with Gasteiger partial charge in [-0.3, -0.25) is 9.59 Å².